The summed E-state index contributed by atoms with van der Waals surface area (Å²) in [5.41, 5.74) is 1.06. The van der Waals surface area contributed by atoms with Gasteiger partial charge in [-0.05, 0) is 75.4 Å². The average molecular weight is 416 g/mol. The van der Waals surface area contributed by atoms with Gasteiger partial charge in [-0.15, -0.1) is 0 Å². The van der Waals surface area contributed by atoms with Gasteiger partial charge in [-0.1, -0.05) is 0 Å². The van der Waals surface area contributed by atoms with Gasteiger partial charge in [-0.3, -0.25) is 4.79 Å². The molecule has 7 heteroatoms. The zero-order chi connectivity index (χ0) is 21.0. The van der Waals surface area contributed by atoms with Gasteiger partial charge in [-0.2, -0.15) is 0 Å². The van der Waals surface area contributed by atoms with Crippen LogP contribution in [0.25, 0.3) is 0 Å². The molecular weight excluding hydrogens is 390 g/mol. The van der Waals surface area contributed by atoms with Crippen molar-refractivity contribution in [2.75, 3.05) is 17.3 Å². The van der Waals surface area contributed by atoms with Crippen molar-refractivity contribution in [2.45, 2.75) is 32.9 Å². The highest BCUT2D eigenvalue weighted by atomic mass is 32.2. The fourth-order valence-electron chi connectivity index (χ4n) is 3.14. The Labute approximate surface area is 171 Å². The highest BCUT2D eigenvalue weighted by Gasteiger charge is 2.32. The van der Waals surface area contributed by atoms with Crippen LogP contribution in [0.15, 0.2) is 60.0 Å². The molecule has 29 heavy (non-hydrogen) atoms. The quantitative estimate of drug-likeness (QED) is 0.687. The molecule has 0 aliphatic carbocycles. The molecule has 0 fully saturated rings. The van der Waals surface area contributed by atoms with E-state index in [0.29, 0.717) is 29.4 Å². The lowest BCUT2D eigenvalue weighted by Crippen LogP contribution is -2.41. The number of hydrogen-bond donors (Lipinski definition) is 0. The highest BCUT2D eigenvalue weighted by Crippen LogP contribution is 2.27. The molecule has 0 N–H and O–H groups in total. The van der Waals surface area contributed by atoms with E-state index in [1.54, 1.807) is 54.6 Å². The fraction of sp³-hybridized carbons (Fsp3) is 0.318. The predicted molar refractivity (Wildman–Crippen MR) is 113 cm³/mol. The van der Waals surface area contributed by atoms with Gasteiger partial charge in [0.05, 0.1) is 24.5 Å². The zero-order valence-electron chi connectivity index (χ0n) is 16.7. The largest absolute Gasteiger partial charge is 0.494 e. The summed E-state index contributed by atoms with van der Waals surface area (Å²) in [6.07, 6.45) is 1.59. The number of anilines is 1. The van der Waals surface area contributed by atoms with Crippen LogP contribution in [-0.4, -0.2) is 38.8 Å². The SMILES string of the molecule is CCOc1ccc(N(C(=O)c2ccc(OC(C)C)cc2)[C@H]2C=CS(=O)(=O)C2)cc1. The van der Waals surface area contributed by atoms with Crippen LogP contribution < -0.4 is 14.4 Å². The minimum absolute atomic E-state index is 0.0331. The van der Waals surface area contributed by atoms with Crippen LogP contribution >= 0.6 is 0 Å². The van der Waals surface area contributed by atoms with Crippen molar-refractivity contribution in [2.24, 2.45) is 0 Å². The van der Waals surface area contributed by atoms with E-state index in [-0.39, 0.29) is 17.8 Å². The van der Waals surface area contributed by atoms with Crippen LogP contribution in [-0.2, 0) is 9.84 Å². The van der Waals surface area contributed by atoms with Gasteiger partial charge in [0.15, 0.2) is 9.84 Å². The molecule has 1 atom stereocenters. The summed E-state index contributed by atoms with van der Waals surface area (Å²) in [5, 5.41) is 1.17. The standard InChI is InChI=1S/C22H25NO5S/c1-4-27-20-11-7-18(8-12-20)23(19-13-14-29(25,26)15-19)22(24)17-5-9-21(10-6-17)28-16(2)3/h5-14,16,19H,4,15H2,1-3H3/t19-/m0/s1. The molecule has 0 spiro atoms. The second-order valence-electron chi connectivity index (χ2n) is 7.02. The smallest absolute Gasteiger partial charge is 0.258 e. The molecular formula is C22H25NO5S. The monoisotopic (exact) mass is 415 g/mol. The van der Waals surface area contributed by atoms with Crippen molar-refractivity contribution in [1.82, 2.24) is 0 Å². The van der Waals surface area contributed by atoms with E-state index in [9.17, 15) is 13.2 Å². The minimum Gasteiger partial charge on any atom is -0.494 e. The van der Waals surface area contributed by atoms with Crippen molar-refractivity contribution in [1.29, 1.82) is 0 Å². The summed E-state index contributed by atoms with van der Waals surface area (Å²) in [6, 6.07) is 13.4. The Kier molecular flexibility index (Phi) is 6.27. The summed E-state index contributed by atoms with van der Waals surface area (Å²) in [4.78, 5) is 14.8. The third-order valence-corrected chi connectivity index (χ3v) is 5.74. The van der Waals surface area contributed by atoms with E-state index < -0.39 is 15.9 Å². The lowest BCUT2D eigenvalue weighted by Gasteiger charge is -2.28. The molecule has 6 nitrogen and oxygen atoms in total. The third kappa shape index (κ3) is 5.17. The summed E-state index contributed by atoms with van der Waals surface area (Å²) < 4.78 is 35.0. The first kappa shape index (κ1) is 20.9. The van der Waals surface area contributed by atoms with Gasteiger partial charge >= 0.3 is 0 Å². The molecule has 0 unspecified atom stereocenters. The maximum Gasteiger partial charge on any atom is 0.258 e. The summed E-state index contributed by atoms with van der Waals surface area (Å²) in [6.45, 7) is 6.29. The topological polar surface area (TPSA) is 72.9 Å². The second kappa shape index (κ2) is 8.69. The Hall–Kier alpha value is -2.80. The molecule has 2 aromatic rings. The van der Waals surface area contributed by atoms with Crippen LogP contribution in [0.5, 0.6) is 11.5 Å². The first-order chi connectivity index (χ1) is 13.8. The Morgan fingerprint density at radius 3 is 2.21 bits per heavy atom. The zero-order valence-corrected chi connectivity index (χ0v) is 17.6. The molecule has 1 heterocycles. The number of ether oxygens (including phenoxy) is 2. The number of amides is 1. The maximum absolute atomic E-state index is 13.3. The van der Waals surface area contributed by atoms with Gasteiger partial charge in [0, 0.05) is 16.7 Å². The molecule has 0 saturated heterocycles. The summed E-state index contributed by atoms with van der Waals surface area (Å²) in [5.74, 6) is 0.943. The number of carbonyl (C=O) groups excluding carboxylic acids is 1. The molecule has 3 rings (SSSR count). The molecule has 154 valence electrons. The molecule has 1 aliphatic heterocycles. The van der Waals surface area contributed by atoms with E-state index in [1.165, 1.54) is 10.3 Å². The van der Waals surface area contributed by atoms with E-state index in [2.05, 4.69) is 0 Å². The van der Waals surface area contributed by atoms with Crippen LogP contribution in [0.3, 0.4) is 0 Å². The van der Waals surface area contributed by atoms with Crippen LogP contribution in [0.1, 0.15) is 31.1 Å². The van der Waals surface area contributed by atoms with Crippen molar-refractivity contribution in [3.63, 3.8) is 0 Å². The lowest BCUT2D eigenvalue weighted by atomic mass is 10.1. The number of sulfone groups is 1. The first-order valence-electron chi connectivity index (χ1n) is 9.53. The number of hydrogen-bond acceptors (Lipinski definition) is 5. The van der Waals surface area contributed by atoms with E-state index in [4.69, 9.17) is 9.47 Å². The van der Waals surface area contributed by atoms with Gasteiger partial charge in [0.25, 0.3) is 5.91 Å². The Morgan fingerprint density at radius 1 is 1.07 bits per heavy atom. The van der Waals surface area contributed by atoms with Crippen molar-refractivity contribution in [3.05, 3.63) is 65.6 Å². The van der Waals surface area contributed by atoms with E-state index >= 15 is 0 Å². The number of carbonyl (C=O) groups is 1. The minimum atomic E-state index is -3.32. The Bertz CT molecular complexity index is 979. The highest BCUT2D eigenvalue weighted by molar-refractivity contribution is 7.94. The Balaban J connectivity index is 1.92. The first-order valence-corrected chi connectivity index (χ1v) is 11.2. The molecule has 0 saturated carbocycles. The maximum atomic E-state index is 13.3. The molecule has 2 aromatic carbocycles. The van der Waals surface area contributed by atoms with Crippen molar-refractivity contribution < 1.29 is 22.7 Å². The number of benzene rings is 2. The summed E-state index contributed by atoms with van der Waals surface area (Å²) >= 11 is 0. The lowest BCUT2D eigenvalue weighted by molar-refractivity contribution is 0.0983. The van der Waals surface area contributed by atoms with Gasteiger partial charge in [0.1, 0.15) is 11.5 Å². The molecule has 0 bridgehead atoms. The molecule has 1 amide bonds. The van der Waals surface area contributed by atoms with Gasteiger partial charge < -0.3 is 14.4 Å². The number of rotatable bonds is 7. The van der Waals surface area contributed by atoms with Gasteiger partial charge in [-0.25, -0.2) is 8.42 Å². The van der Waals surface area contributed by atoms with E-state index in [1.807, 2.05) is 20.8 Å². The molecule has 1 aliphatic rings. The van der Waals surface area contributed by atoms with Crippen LogP contribution in [0, 0.1) is 0 Å². The van der Waals surface area contributed by atoms with Crippen LogP contribution in [0.4, 0.5) is 5.69 Å². The number of nitrogens with zero attached hydrogens (tertiary/aromatic N) is 1. The normalized spacial score (nSPS) is 17.3. The summed E-state index contributed by atoms with van der Waals surface area (Å²) in [7, 11) is -3.32. The average Bonchev–Trinajstić information content (AvgIpc) is 3.03. The second-order valence-corrected chi connectivity index (χ2v) is 8.95. The Morgan fingerprint density at radius 2 is 1.69 bits per heavy atom. The third-order valence-electron chi connectivity index (χ3n) is 4.36. The van der Waals surface area contributed by atoms with Crippen molar-refractivity contribution >= 4 is 21.4 Å². The molecule has 0 aromatic heterocycles. The fourth-order valence-corrected chi connectivity index (χ4v) is 4.40. The predicted octanol–water partition coefficient (Wildman–Crippen LogP) is 3.83. The van der Waals surface area contributed by atoms with Gasteiger partial charge in [0.2, 0.25) is 0 Å². The molecule has 0 radical (unpaired) electrons. The van der Waals surface area contributed by atoms with Crippen molar-refractivity contribution in [3.8, 4) is 11.5 Å². The van der Waals surface area contributed by atoms with Crippen LogP contribution in [0.2, 0.25) is 0 Å². The van der Waals surface area contributed by atoms with E-state index in [0.717, 1.165) is 0 Å².